The summed E-state index contributed by atoms with van der Waals surface area (Å²) in [5.41, 5.74) is -1.72. The number of aromatic hydroxyl groups is 1. The second kappa shape index (κ2) is 8.61. The molecule has 2 aromatic carbocycles. The van der Waals surface area contributed by atoms with Crippen LogP contribution in [0.4, 0.5) is 13.2 Å². The first-order valence-corrected chi connectivity index (χ1v) is 11.0. The summed E-state index contributed by atoms with van der Waals surface area (Å²) in [6, 6.07) is 6.77. The van der Waals surface area contributed by atoms with E-state index in [1.807, 2.05) is 0 Å². The van der Waals surface area contributed by atoms with Crippen LogP contribution in [0, 0.1) is 0 Å². The van der Waals surface area contributed by atoms with Crippen LogP contribution in [0.3, 0.4) is 0 Å². The quantitative estimate of drug-likeness (QED) is 0.517. The molecule has 0 bridgehead atoms. The molecule has 0 spiro atoms. The Kier molecular flexibility index (Phi) is 6.18. The monoisotopic (exact) mass is 486 g/mol. The van der Waals surface area contributed by atoms with Crippen molar-refractivity contribution < 1.29 is 27.6 Å². The van der Waals surface area contributed by atoms with Gasteiger partial charge in [-0.2, -0.15) is 13.2 Å². The van der Waals surface area contributed by atoms with Crippen molar-refractivity contribution in [2.75, 3.05) is 6.54 Å². The Hall–Kier alpha value is -2.22. The molecule has 32 heavy (non-hydrogen) atoms. The molecule has 2 N–H and O–H groups in total. The highest BCUT2D eigenvalue weighted by atomic mass is 35.5. The number of hydrogen-bond donors (Lipinski definition) is 2. The van der Waals surface area contributed by atoms with Gasteiger partial charge in [-0.25, -0.2) is 0 Å². The molecule has 1 saturated heterocycles. The molecule has 9 heteroatoms. The standard InChI is InChI=1S/C23H20Cl2F3NO3/c1-12-4-2-3-9-29(12)11-16-18(30)8-7-15-20(31)19(14-6-5-13(24)10-17(14)25)22(23(26,27)28)32-21(15)16/h5-8,10,12,30H,2-4,9,11H2,1H3/p+1/t12-/m0/s1. The number of hydrogen-bond acceptors (Lipinski definition) is 3. The van der Waals surface area contributed by atoms with E-state index in [2.05, 4.69) is 6.92 Å². The van der Waals surface area contributed by atoms with Crippen molar-refractivity contribution in [2.45, 2.75) is 44.9 Å². The maximum Gasteiger partial charge on any atom is 0.450 e. The molecular formula is C23H21Cl2F3NO3+. The van der Waals surface area contributed by atoms with Crippen LogP contribution in [0.5, 0.6) is 5.75 Å². The Morgan fingerprint density at radius 2 is 1.94 bits per heavy atom. The third-order valence-corrected chi connectivity index (χ3v) is 6.63. The summed E-state index contributed by atoms with van der Waals surface area (Å²) in [7, 11) is 0. The lowest BCUT2D eigenvalue weighted by Crippen LogP contribution is -3.14. The zero-order valence-electron chi connectivity index (χ0n) is 17.2. The third kappa shape index (κ3) is 4.21. The second-order valence-electron chi connectivity index (χ2n) is 8.18. The highest BCUT2D eigenvalue weighted by molar-refractivity contribution is 6.36. The molecule has 3 aromatic rings. The summed E-state index contributed by atoms with van der Waals surface area (Å²) in [5, 5.41) is 10.6. The van der Waals surface area contributed by atoms with E-state index in [0.717, 1.165) is 30.7 Å². The number of halogens is 5. The van der Waals surface area contributed by atoms with Crippen LogP contribution in [0.1, 0.15) is 37.5 Å². The average molecular weight is 487 g/mol. The summed E-state index contributed by atoms with van der Waals surface area (Å²) < 4.78 is 47.5. The second-order valence-corrected chi connectivity index (χ2v) is 9.02. The maximum absolute atomic E-state index is 14.0. The molecule has 0 aliphatic carbocycles. The van der Waals surface area contributed by atoms with Crippen LogP contribution in [-0.4, -0.2) is 17.7 Å². The molecule has 4 nitrogen and oxygen atoms in total. The molecule has 2 atom stereocenters. The smallest absolute Gasteiger partial charge is 0.450 e. The van der Waals surface area contributed by atoms with Crippen LogP contribution in [-0.2, 0) is 12.7 Å². The zero-order chi connectivity index (χ0) is 23.2. The number of fused-ring (bicyclic) bond motifs is 1. The Morgan fingerprint density at radius 3 is 2.59 bits per heavy atom. The van der Waals surface area contributed by atoms with E-state index in [4.69, 9.17) is 27.6 Å². The fourth-order valence-corrected chi connectivity index (χ4v) is 4.86. The molecule has 1 aliphatic rings. The Morgan fingerprint density at radius 1 is 1.19 bits per heavy atom. The molecule has 1 unspecified atom stereocenters. The molecule has 4 rings (SSSR count). The lowest BCUT2D eigenvalue weighted by Gasteiger charge is -2.30. The SMILES string of the molecule is C[C@H]1CCCC[NH+]1Cc1c(O)ccc2c(=O)c(-c3ccc(Cl)cc3Cl)c(C(F)(F)F)oc12. The lowest BCUT2D eigenvalue weighted by molar-refractivity contribution is -0.941. The van der Waals surface area contributed by atoms with Gasteiger partial charge in [0.2, 0.25) is 11.2 Å². The molecule has 1 aliphatic heterocycles. The minimum absolute atomic E-state index is 0.0455. The topological polar surface area (TPSA) is 54.9 Å². The Bertz CT molecular complexity index is 1240. The number of alkyl halides is 3. The van der Waals surface area contributed by atoms with E-state index in [9.17, 15) is 23.1 Å². The normalized spacial score (nSPS) is 19.4. The number of rotatable bonds is 3. The van der Waals surface area contributed by atoms with Crippen molar-refractivity contribution >= 4 is 34.2 Å². The Labute approximate surface area is 192 Å². The van der Waals surface area contributed by atoms with Gasteiger partial charge < -0.3 is 14.4 Å². The van der Waals surface area contributed by atoms with Gasteiger partial charge >= 0.3 is 6.18 Å². The highest BCUT2D eigenvalue weighted by Crippen LogP contribution is 2.41. The minimum atomic E-state index is -4.96. The van der Waals surface area contributed by atoms with Crippen molar-refractivity contribution in [3.8, 4) is 16.9 Å². The minimum Gasteiger partial charge on any atom is -0.507 e. The molecule has 170 valence electrons. The fourth-order valence-electron chi connectivity index (χ4n) is 4.35. The van der Waals surface area contributed by atoms with E-state index < -0.39 is 22.9 Å². The van der Waals surface area contributed by atoms with Crippen molar-refractivity contribution in [2.24, 2.45) is 0 Å². The van der Waals surface area contributed by atoms with E-state index >= 15 is 0 Å². The van der Waals surface area contributed by atoms with E-state index in [1.165, 1.54) is 30.3 Å². The van der Waals surface area contributed by atoms with E-state index in [0.29, 0.717) is 0 Å². The van der Waals surface area contributed by atoms with E-state index in [1.54, 1.807) is 0 Å². The first-order chi connectivity index (χ1) is 15.1. The summed E-state index contributed by atoms with van der Waals surface area (Å²) in [6.45, 7) is 3.14. The number of benzene rings is 2. The molecule has 0 saturated carbocycles. The van der Waals surface area contributed by atoms with Crippen molar-refractivity contribution in [3.63, 3.8) is 0 Å². The van der Waals surface area contributed by atoms with Gasteiger partial charge in [-0.15, -0.1) is 0 Å². The van der Waals surface area contributed by atoms with Crippen LogP contribution >= 0.6 is 23.2 Å². The van der Waals surface area contributed by atoms with Crippen molar-refractivity contribution in [1.82, 2.24) is 0 Å². The van der Waals surface area contributed by atoms with Crippen LogP contribution < -0.4 is 10.3 Å². The molecule has 2 heterocycles. The maximum atomic E-state index is 14.0. The lowest BCUT2D eigenvalue weighted by atomic mass is 9.99. The van der Waals surface area contributed by atoms with Gasteiger partial charge in [0.1, 0.15) is 12.3 Å². The van der Waals surface area contributed by atoms with Gasteiger partial charge in [0.25, 0.3) is 0 Å². The predicted molar refractivity (Wildman–Crippen MR) is 117 cm³/mol. The van der Waals surface area contributed by atoms with Crippen molar-refractivity contribution in [3.05, 3.63) is 61.9 Å². The molecule has 0 amide bonds. The van der Waals surface area contributed by atoms with Gasteiger partial charge in [0.05, 0.1) is 34.1 Å². The summed E-state index contributed by atoms with van der Waals surface area (Å²) >= 11 is 12.0. The number of likely N-dealkylation sites (tertiary alicyclic amines) is 1. The molecule has 0 radical (unpaired) electrons. The predicted octanol–water partition coefficient (Wildman–Crippen LogP) is 5.45. The summed E-state index contributed by atoms with van der Waals surface area (Å²) in [6.07, 6.45) is -1.90. The largest absolute Gasteiger partial charge is 0.507 e. The summed E-state index contributed by atoms with van der Waals surface area (Å²) in [4.78, 5) is 14.4. The highest BCUT2D eigenvalue weighted by Gasteiger charge is 2.40. The summed E-state index contributed by atoms with van der Waals surface area (Å²) in [5.74, 6) is -1.65. The zero-order valence-corrected chi connectivity index (χ0v) is 18.7. The number of quaternary nitrogens is 1. The van der Waals surface area contributed by atoms with Crippen molar-refractivity contribution in [1.29, 1.82) is 0 Å². The van der Waals surface area contributed by atoms with Gasteiger partial charge in [-0.1, -0.05) is 29.3 Å². The fraction of sp³-hybridized carbons (Fsp3) is 0.348. The number of phenols is 1. The number of piperidine rings is 1. The van der Waals surface area contributed by atoms with Gasteiger partial charge in [0, 0.05) is 10.6 Å². The average Bonchev–Trinajstić information content (AvgIpc) is 2.71. The Balaban J connectivity index is 1.99. The molecule has 1 aromatic heterocycles. The first-order valence-electron chi connectivity index (χ1n) is 10.3. The molecular weight excluding hydrogens is 466 g/mol. The first kappa shape index (κ1) is 23.0. The molecule has 1 fully saturated rings. The van der Waals surface area contributed by atoms with Gasteiger partial charge in [-0.05, 0) is 50.5 Å². The number of phenolic OH excluding ortho intramolecular Hbond substituents is 1. The van der Waals surface area contributed by atoms with Gasteiger partial charge in [-0.3, -0.25) is 4.79 Å². The van der Waals surface area contributed by atoms with E-state index in [-0.39, 0.29) is 50.5 Å². The van der Waals surface area contributed by atoms with Crippen LogP contribution in [0.2, 0.25) is 10.0 Å². The van der Waals surface area contributed by atoms with Crippen LogP contribution in [0.15, 0.2) is 39.5 Å². The van der Waals surface area contributed by atoms with Crippen LogP contribution in [0.25, 0.3) is 22.1 Å². The third-order valence-electron chi connectivity index (χ3n) is 6.08. The van der Waals surface area contributed by atoms with Gasteiger partial charge in [0.15, 0.2) is 5.58 Å². The number of nitrogens with one attached hydrogen (secondary N) is 1.